The second-order valence-electron chi connectivity index (χ2n) is 5.29. The third-order valence-corrected chi connectivity index (χ3v) is 3.00. The van der Waals surface area contributed by atoms with Crippen LogP contribution in [0.2, 0.25) is 5.02 Å². The Morgan fingerprint density at radius 1 is 1.00 bits per heavy atom. The van der Waals surface area contributed by atoms with Crippen molar-refractivity contribution in [3.8, 4) is 11.5 Å². The Morgan fingerprint density at radius 3 is 1.89 bits per heavy atom. The van der Waals surface area contributed by atoms with Crippen molar-refractivity contribution in [2.75, 3.05) is 6.54 Å². The zero-order valence-corrected chi connectivity index (χ0v) is 13.1. The molecule has 0 spiro atoms. The first-order valence-electron chi connectivity index (χ1n) is 6.72. The first kappa shape index (κ1) is 16.1. The van der Waals surface area contributed by atoms with Crippen LogP contribution in [-0.4, -0.2) is 18.8 Å². The van der Waals surface area contributed by atoms with E-state index in [1.807, 2.05) is 46.8 Å². The van der Waals surface area contributed by atoms with Gasteiger partial charge in [0, 0.05) is 11.1 Å². The second-order valence-corrected chi connectivity index (χ2v) is 5.70. The van der Waals surface area contributed by atoms with Crippen molar-refractivity contribution < 1.29 is 9.47 Å². The molecule has 0 heterocycles. The minimum Gasteiger partial charge on any atom is -0.487 e. The fourth-order valence-electron chi connectivity index (χ4n) is 1.75. The summed E-state index contributed by atoms with van der Waals surface area (Å²) in [6.45, 7) is 10.5. The smallest absolute Gasteiger partial charge is 0.163 e. The average molecular weight is 286 g/mol. The van der Waals surface area contributed by atoms with Gasteiger partial charge in [0.05, 0.1) is 12.2 Å². The third-order valence-electron chi connectivity index (χ3n) is 2.67. The van der Waals surface area contributed by atoms with Gasteiger partial charge in [0.15, 0.2) is 11.5 Å². The molecule has 0 aliphatic rings. The van der Waals surface area contributed by atoms with Gasteiger partial charge in [-0.05, 0) is 51.8 Å². The fraction of sp³-hybridized carbons (Fsp3) is 0.600. The standard InChI is InChI=1S/C15H24ClNO2/c1-9(2)18-14-6-12(11(5)8-17)13(16)7-15(14)19-10(3)4/h6-7,9-11H,8,17H2,1-5H3. The molecule has 0 aromatic heterocycles. The van der Waals surface area contributed by atoms with Crippen molar-refractivity contribution in [3.63, 3.8) is 0 Å². The number of hydrogen-bond donors (Lipinski definition) is 1. The van der Waals surface area contributed by atoms with Crippen molar-refractivity contribution >= 4 is 11.6 Å². The molecule has 0 radical (unpaired) electrons. The lowest BCUT2D eigenvalue weighted by atomic mass is 10.0. The molecule has 108 valence electrons. The number of halogens is 1. The van der Waals surface area contributed by atoms with E-state index in [0.29, 0.717) is 17.3 Å². The van der Waals surface area contributed by atoms with Gasteiger partial charge in [-0.1, -0.05) is 18.5 Å². The molecule has 3 nitrogen and oxygen atoms in total. The minimum absolute atomic E-state index is 0.0726. The van der Waals surface area contributed by atoms with Gasteiger partial charge < -0.3 is 15.2 Å². The van der Waals surface area contributed by atoms with Crippen LogP contribution in [0.3, 0.4) is 0 Å². The summed E-state index contributed by atoms with van der Waals surface area (Å²) in [6.07, 6.45) is 0.153. The Bertz CT molecular complexity index is 419. The fourth-order valence-corrected chi connectivity index (χ4v) is 2.09. The summed E-state index contributed by atoms with van der Waals surface area (Å²) in [5.41, 5.74) is 6.71. The Balaban J connectivity index is 3.19. The van der Waals surface area contributed by atoms with E-state index in [1.54, 1.807) is 0 Å². The number of nitrogens with two attached hydrogens (primary N) is 1. The molecule has 0 aliphatic heterocycles. The van der Waals surface area contributed by atoms with Crippen LogP contribution in [0.25, 0.3) is 0 Å². The van der Waals surface area contributed by atoms with Crippen molar-refractivity contribution in [3.05, 3.63) is 22.7 Å². The Morgan fingerprint density at radius 2 is 1.47 bits per heavy atom. The highest BCUT2D eigenvalue weighted by Gasteiger charge is 2.16. The van der Waals surface area contributed by atoms with E-state index >= 15 is 0 Å². The minimum atomic E-state index is 0.0726. The molecular formula is C15H24ClNO2. The van der Waals surface area contributed by atoms with Crippen molar-refractivity contribution in [1.82, 2.24) is 0 Å². The molecule has 1 aromatic carbocycles. The molecule has 1 atom stereocenters. The summed E-state index contributed by atoms with van der Waals surface area (Å²) in [4.78, 5) is 0. The molecule has 1 unspecified atom stereocenters. The predicted octanol–water partition coefficient (Wildman–Crippen LogP) is 3.98. The Labute approximate surface area is 121 Å². The summed E-state index contributed by atoms with van der Waals surface area (Å²) in [5, 5.41) is 0.671. The molecule has 1 aromatic rings. The molecule has 0 bridgehead atoms. The molecule has 0 aliphatic carbocycles. The lowest BCUT2D eigenvalue weighted by Gasteiger charge is -2.20. The maximum absolute atomic E-state index is 6.30. The van der Waals surface area contributed by atoms with Crippen LogP contribution >= 0.6 is 11.6 Å². The molecule has 4 heteroatoms. The molecule has 0 saturated carbocycles. The first-order valence-corrected chi connectivity index (χ1v) is 7.09. The molecule has 0 amide bonds. The normalized spacial score (nSPS) is 12.9. The summed E-state index contributed by atoms with van der Waals surface area (Å²) in [7, 11) is 0. The number of rotatable bonds is 6. The van der Waals surface area contributed by atoms with Crippen LogP contribution in [0, 0.1) is 0 Å². The van der Waals surface area contributed by atoms with Crippen molar-refractivity contribution in [2.45, 2.75) is 52.7 Å². The summed E-state index contributed by atoms with van der Waals surface area (Å²) in [5.74, 6) is 1.60. The van der Waals surface area contributed by atoms with Crippen molar-refractivity contribution in [2.24, 2.45) is 5.73 Å². The molecule has 2 N–H and O–H groups in total. The summed E-state index contributed by atoms with van der Waals surface area (Å²) >= 11 is 6.30. The predicted molar refractivity (Wildman–Crippen MR) is 80.4 cm³/mol. The molecule has 0 fully saturated rings. The summed E-state index contributed by atoms with van der Waals surface area (Å²) < 4.78 is 11.6. The Kier molecular flexibility index (Phi) is 5.95. The highest BCUT2D eigenvalue weighted by Crippen LogP contribution is 2.37. The molecule has 1 rings (SSSR count). The van der Waals surface area contributed by atoms with Crippen molar-refractivity contribution in [1.29, 1.82) is 0 Å². The van der Waals surface area contributed by atoms with E-state index in [0.717, 1.165) is 11.3 Å². The van der Waals surface area contributed by atoms with E-state index in [4.69, 9.17) is 26.8 Å². The quantitative estimate of drug-likeness (QED) is 0.860. The van der Waals surface area contributed by atoms with Gasteiger partial charge in [-0.25, -0.2) is 0 Å². The van der Waals surface area contributed by atoms with Gasteiger partial charge in [-0.2, -0.15) is 0 Å². The van der Waals surface area contributed by atoms with E-state index in [-0.39, 0.29) is 18.1 Å². The van der Waals surface area contributed by atoms with Gasteiger partial charge in [0.25, 0.3) is 0 Å². The number of ether oxygens (including phenoxy) is 2. The molecule has 19 heavy (non-hydrogen) atoms. The SMILES string of the molecule is CC(C)Oc1cc(Cl)c(C(C)CN)cc1OC(C)C. The van der Waals surface area contributed by atoms with Crippen LogP contribution in [-0.2, 0) is 0 Å². The van der Waals surface area contributed by atoms with E-state index < -0.39 is 0 Å². The first-order chi connectivity index (χ1) is 8.85. The van der Waals surface area contributed by atoms with Crippen LogP contribution in [0.1, 0.15) is 46.1 Å². The van der Waals surface area contributed by atoms with E-state index in [1.165, 1.54) is 0 Å². The molecular weight excluding hydrogens is 262 g/mol. The Hall–Kier alpha value is -0.930. The lowest BCUT2D eigenvalue weighted by molar-refractivity contribution is 0.198. The lowest BCUT2D eigenvalue weighted by Crippen LogP contribution is -2.13. The van der Waals surface area contributed by atoms with Gasteiger partial charge >= 0.3 is 0 Å². The van der Waals surface area contributed by atoms with Gasteiger partial charge in [0.2, 0.25) is 0 Å². The highest BCUT2D eigenvalue weighted by molar-refractivity contribution is 6.31. The summed E-state index contributed by atoms with van der Waals surface area (Å²) in [6, 6.07) is 3.76. The maximum atomic E-state index is 6.30. The zero-order valence-electron chi connectivity index (χ0n) is 12.4. The second kappa shape index (κ2) is 7.01. The topological polar surface area (TPSA) is 44.5 Å². The monoisotopic (exact) mass is 285 g/mol. The zero-order chi connectivity index (χ0) is 14.6. The average Bonchev–Trinajstić information content (AvgIpc) is 2.30. The highest BCUT2D eigenvalue weighted by atomic mass is 35.5. The van der Waals surface area contributed by atoms with Crippen LogP contribution in [0.4, 0.5) is 0 Å². The largest absolute Gasteiger partial charge is 0.487 e. The third kappa shape index (κ3) is 4.59. The van der Waals surface area contributed by atoms with Gasteiger partial charge in [-0.3, -0.25) is 0 Å². The van der Waals surface area contributed by atoms with Crippen LogP contribution < -0.4 is 15.2 Å². The molecule has 0 saturated heterocycles. The van der Waals surface area contributed by atoms with Crippen LogP contribution in [0.15, 0.2) is 12.1 Å². The van der Waals surface area contributed by atoms with Gasteiger partial charge in [0.1, 0.15) is 0 Å². The van der Waals surface area contributed by atoms with Gasteiger partial charge in [-0.15, -0.1) is 0 Å². The maximum Gasteiger partial charge on any atom is 0.163 e. The van der Waals surface area contributed by atoms with E-state index in [9.17, 15) is 0 Å². The number of benzene rings is 1. The number of hydrogen-bond acceptors (Lipinski definition) is 3. The van der Waals surface area contributed by atoms with Crippen LogP contribution in [0.5, 0.6) is 11.5 Å². The van der Waals surface area contributed by atoms with E-state index in [2.05, 4.69) is 0 Å².